The van der Waals surface area contributed by atoms with Crippen molar-refractivity contribution in [3.8, 4) is 5.69 Å². The Morgan fingerprint density at radius 2 is 1.16 bits per heavy atom. The van der Waals surface area contributed by atoms with Gasteiger partial charge in [0.2, 0.25) is 0 Å². The van der Waals surface area contributed by atoms with Gasteiger partial charge in [0.15, 0.2) is 5.84 Å². The Hall–Kier alpha value is -7.50. The summed E-state index contributed by atoms with van der Waals surface area (Å²) in [6, 6.07) is 59.6. The number of rotatable bonds is 4. The summed E-state index contributed by atoms with van der Waals surface area (Å²) in [6.07, 6.45) is 2.99. The molecular formula is C53H35N3O2. The van der Waals surface area contributed by atoms with E-state index in [9.17, 15) is 0 Å². The molecule has 3 aromatic heterocycles. The van der Waals surface area contributed by atoms with Crippen LogP contribution in [0.5, 0.6) is 0 Å². The average molecular weight is 746 g/mol. The number of amidine groups is 1. The first-order valence-electron chi connectivity index (χ1n) is 19.9. The summed E-state index contributed by atoms with van der Waals surface area (Å²) in [5, 5.41) is 9.11. The normalized spacial score (nSPS) is 15.9. The molecule has 1 atom stereocenters. The molecule has 8 aromatic carbocycles. The monoisotopic (exact) mass is 745 g/mol. The molecule has 0 spiro atoms. The summed E-state index contributed by atoms with van der Waals surface area (Å²) < 4.78 is 15.9. The van der Waals surface area contributed by atoms with E-state index in [1.165, 1.54) is 21.5 Å². The van der Waals surface area contributed by atoms with Crippen molar-refractivity contribution in [3.63, 3.8) is 0 Å². The summed E-state index contributed by atoms with van der Waals surface area (Å²) in [5.41, 5.74) is 11.2. The van der Waals surface area contributed by atoms with E-state index in [2.05, 4.69) is 145 Å². The standard InChI is InChI=1S/C53H35N3O2/c1-32-26-28-43(54-53(33-14-3-2-4-15-33)55-50(32)41-22-13-21-39-37-19-8-11-24-47(37)57-51(39)41)49-45(29-27-40-38-20-9-12-25-48(38)58-52(40)49)56-44-23-10-7-18-36(44)42-30-34-16-5-6-17-35(34)31-46(42)56/h2-25,27-32H,26H2,1H3/b43-28+,54-53?,55-50?. The molecular weight excluding hydrogens is 711 g/mol. The summed E-state index contributed by atoms with van der Waals surface area (Å²) in [6.45, 7) is 2.25. The molecule has 0 saturated carbocycles. The number of fused-ring (bicyclic) bond motifs is 10. The Bertz CT molecular complexity index is 3560. The van der Waals surface area contributed by atoms with E-state index in [4.69, 9.17) is 18.8 Å². The maximum absolute atomic E-state index is 6.91. The van der Waals surface area contributed by atoms with Crippen molar-refractivity contribution in [3.05, 3.63) is 193 Å². The first-order chi connectivity index (χ1) is 28.7. The second-order valence-electron chi connectivity index (χ2n) is 15.3. The van der Waals surface area contributed by atoms with Gasteiger partial charge in [-0.3, -0.25) is 0 Å². The van der Waals surface area contributed by atoms with Gasteiger partial charge in [-0.1, -0.05) is 134 Å². The molecule has 5 nitrogen and oxygen atoms in total. The first-order valence-corrected chi connectivity index (χ1v) is 19.9. The van der Waals surface area contributed by atoms with Gasteiger partial charge in [0, 0.05) is 49.4 Å². The highest BCUT2D eigenvalue weighted by molar-refractivity contribution is 6.21. The van der Waals surface area contributed by atoms with Crippen LogP contribution in [0, 0.1) is 5.92 Å². The lowest BCUT2D eigenvalue weighted by molar-refractivity contribution is 0.666. The molecule has 12 rings (SSSR count). The quantitative estimate of drug-likeness (QED) is 0.180. The molecule has 0 fully saturated rings. The number of hydrogen-bond donors (Lipinski definition) is 0. The zero-order valence-electron chi connectivity index (χ0n) is 31.7. The van der Waals surface area contributed by atoms with Crippen LogP contribution in [0.1, 0.15) is 30.0 Å². The Balaban J connectivity index is 1.16. The van der Waals surface area contributed by atoms with Crippen molar-refractivity contribution >= 4 is 93.7 Å². The molecule has 1 unspecified atom stereocenters. The third-order valence-electron chi connectivity index (χ3n) is 11.9. The number of allylic oxidation sites excluding steroid dienone is 1. The van der Waals surface area contributed by atoms with Gasteiger partial charge in [0.1, 0.15) is 22.3 Å². The summed E-state index contributed by atoms with van der Waals surface area (Å²) in [5.74, 6) is 0.662. The molecule has 0 saturated heterocycles. The predicted molar refractivity (Wildman–Crippen MR) is 241 cm³/mol. The van der Waals surface area contributed by atoms with E-state index in [1.54, 1.807) is 0 Å². The number of hydrogen-bond acceptors (Lipinski definition) is 4. The Kier molecular flexibility index (Phi) is 7.20. The lowest BCUT2D eigenvalue weighted by Crippen LogP contribution is -2.17. The molecule has 0 N–H and O–H groups in total. The van der Waals surface area contributed by atoms with Crippen LogP contribution in [-0.4, -0.2) is 16.1 Å². The maximum Gasteiger partial charge on any atom is 0.160 e. The van der Waals surface area contributed by atoms with Crippen LogP contribution in [-0.2, 0) is 0 Å². The molecule has 0 aliphatic carbocycles. The van der Waals surface area contributed by atoms with Crippen molar-refractivity contribution < 1.29 is 8.83 Å². The molecule has 274 valence electrons. The largest absolute Gasteiger partial charge is 0.455 e. The number of benzene rings is 8. The van der Waals surface area contributed by atoms with Gasteiger partial charge < -0.3 is 13.4 Å². The fourth-order valence-corrected chi connectivity index (χ4v) is 9.08. The van der Waals surface area contributed by atoms with Crippen molar-refractivity contribution in [1.29, 1.82) is 0 Å². The predicted octanol–water partition coefficient (Wildman–Crippen LogP) is 14.1. The van der Waals surface area contributed by atoms with E-state index in [-0.39, 0.29) is 5.92 Å². The minimum absolute atomic E-state index is 0.0287. The smallest absolute Gasteiger partial charge is 0.160 e. The number of para-hydroxylation sites is 4. The van der Waals surface area contributed by atoms with Crippen LogP contribution in [0.25, 0.3) is 87.8 Å². The van der Waals surface area contributed by atoms with E-state index >= 15 is 0 Å². The highest BCUT2D eigenvalue weighted by atomic mass is 16.3. The van der Waals surface area contributed by atoms with Gasteiger partial charge >= 0.3 is 0 Å². The minimum Gasteiger partial charge on any atom is -0.455 e. The van der Waals surface area contributed by atoms with Crippen LogP contribution >= 0.6 is 0 Å². The maximum atomic E-state index is 6.91. The van der Waals surface area contributed by atoms with Crippen LogP contribution in [0.2, 0.25) is 0 Å². The third kappa shape index (κ3) is 4.96. The van der Waals surface area contributed by atoms with E-state index in [1.807, 2.05) is 42.5 Å². The Morgan fingerprint density at radius 3 is 1.95 bits per heavy atom. The van der Waals surface area contributed by atoms with Crippen LogP contribution in [0.3, 0.4) is 0 Å². The van der Waals surface area contributed by atoms with Gasteiger partial charge in [-0.05, 0) is 65.7 Å². The van der Waals surface area contributed by atoms with Gasteiger partial charge in [-0.25, -0.2) is 9.98 Å². The molecule has 0 amide bonds. The van der Waals surface area contributed by atoms with Crippen molar-refractivity contribution in [2.45, 2.75) is 13.3 Å². The highest BCUT2D eigenvalue weighted by Gasteiger charge is 2.26. The lowest BCUT2D eigenvalue weighted by atomic mass is 9.92. The van der Waals surface area contributed by atoms with Crippen LogP contribution in [0.15, 0.2) is 195 Å². The fourth-order valence-electron chi connectivity index (χ4n) is 9.08. The number of aliphatic imine (C=N–C) groups is 2. The Labute approximate surface area is 333 Å². The summed E-state index contributed by atoms with van der Waals surface area (Å²) in [4.78, 5) is 11.1. The summed E-state index contributed by atoms with van der Waals surface area (Å²) in [7, 11) is 0. The van der Waals surface area contributed by atoms with Gasteiger partial charge in [-0.2, -0.15) is 0 Å². The first kappa shape index (κ1) is 32.7. The van der Waals surface area contributed by atoms with E-state index < -0.39 is 0 Å². The number of aromatic nitrogens is 1. The highest BCUT2D eigenvalue weighted by Crippen LogP contribution is 2.43. The van der Waals surface area contributed by atoms with Crippen LogP contribution < -0.4 is 0 Å². The van der Waals surface area contributed by atoms with Gasteiger partial charge in [0.05, 0.1) is 33.7 Å². The SMILES string of the molecule is CC1C/C=C(\c2c(-n3c4ccccc4c4cc5ccccc5cc43)ccc3c2oc2ccccc23)N=C(c2ccccc2)N=C1c1cccc2c1oc1ccccc12. The molecule has 4 heterocycles. The van der Waals surface area contributed by atoms with Gasteiger partial charge in [-0.15, -0.1) is 0 Å². The number of nitrogens with zero attached hydrogens (tertiary/aromatic N) is 3. The van der Waals surface area contributed by atoms with Crippen LogP contribution in [0.4, 0.5) is 0 Å². The second kappa shape index (κ2) is 12.8. The zero-order chi connectivity index (χ0) is 38.3. The summed E-state index contributed by atoms with van der Waals surface area (Å²) >= 11 is 0. The second-order valence-corrected chi connectivity index (χ2v) is 15.3. The number of furan rings is 2. The molecule has 1 aliphatic rings. The van der Waals surface area contributed by atoms with Gasteiger partial charge in [0.25, 0.3) is 0 Å². The topological polar surface area (TPSA) is 55.9 Å². The lowest BCUT2D eigenvalue weighted by Gasteiger charge is -2.20. The fraction of sp³-hybridized carbons (Fsp3) is 0.0566. The zero-order valence-corrected chi connectivity index (χ0v) is 31.7. The molecule has 1 aliphatic heterocycles. The van der Waals surface area contributed by atoms with Crippen molar-refractivity contribution in [1.82, 2.24) is 4.57 Å². The molecule has 11 aromatic rings. The molecule has 58 heavy (non-hydrogen) atoms. The molecule has 5 heteroatoms. The molecule has 0 radical (unpaired) electrons. The van der Waals surface area contributed by atoms with Crippen molar-refractivity contribution in [2.24, 2.45) is 15.9 Å². The Morgan fingerprint density at radius 1 is 0.517 bits per heavy atom. The minimum atomic E-state index is 0.0287. The average Bonchev–Trinajstić information content (AvgIpc) is 3.94. The van der Waals surface area contributed by atoms with E-state index in [0.29, 0.717) is 12.3 Å². The third-order valence-corrected chi connectivity index (χ3v) is 11.9. The van der Waals surface area contributed by atoms with E-state index in [0.717, 1.165) is 88.7 Å². The molecule has 0 bridgehead atoms. The van der Waals surface area contributed by atoms with Crippen molar-refractivity contribution in [2.75, 3.05) is 0 Å².